The van der Waals surface area contributed by atoms with Crippen LogP contribution in [0.2, 0.25) is 0 Å². The molecule has 32 heavy (non-hydrogen) atoms. The van der Waals surface area contributed by atoms with Crippen molar-refractivity contribution in [3.63, 3.8) is 0 Å². The summed E-state index contributed by atoms with van der Waals surface area (Å²) >= 11 is 0. The zero-order valence-corrected chi connectivity index (χ0v) is 17.1. The Hall–Kier alpha value is -4.34. The number of hydrogen-bond donors (Lipinski definition) is 1. The van der Waals surface area contributed by atoms with Crippen molar-refractivity contribution < 1.29 is 18.7 Å². The predicted molar refractivity (Wildman–Crippen MR) is 113 cm³/mol. The second kappa shape index (κ2) is 9.21. The van der Waals surface area contributed by atoms with Crippen molar-refractivity contribution in [2.45, 2.75) is 13.5 Å². The highest BCUT2D eigenvalue weighted by Gasteiger charge is 2.16. The van der Waals surface area contributed by atoms with Crippen LogP contribution in [-0.2, 0) is 16.1 Å². The smallest absolute Gasteiger partial charge is 0.361 e. The molecule has 0 aliphatic heterocycles. The molecule has 10 heteroatoms. The van der Waals surface area contributed by atoms with Crippen LogP contribution in [0.4, 0.5) is 10.2 Å². The second-order valence-electron chi connectivity index (χ2n) is 6.97. The van der Waals surface area contributed by atoms with Crippen molar-refractivity contribution in [2.75, 3.05) is 11.9 Å². The maximum atomic E-state index is 13.2. The van der Waals surface area contributed by atoms with Gasteiger partial charge >= 0.3 is 5.97 Å². The maximum Gasteiger partial charge on any atom is 0.361 e. The number of esters is 1. The van der Waals surface area contributed by atoms with Gasteiger partial charge in [0.25, 0.3) is 5.91 Å². The molecule has 2 aromatic carbocycles. The Labute approximate surface area is 182 Å². The van der Waals surface area contributed by atoms with Crippen molar-refractivity contribution in [1.82, 2.24) is 24.8 Å². The summed E-state index contributed by atoms with van der Waals surface area (Å²) in [4.78, 5) is 24.5. The van der Waals surface area contributed by atoms with Gasteiger partial charge in [0.15, 0.2) is 12.3 Å². The lowest BCUT2D eigenvalue weighted by Gasteiger charge is -2.09. The molecular weight excluding hydrogens is 415 g/mol. The first-order valence-corrected chi connectivity index (χ1v) is 9.71. The number of halogens is 1. The lowest BCUT2D eigenvalue weighted by atomic mass is 10.2. The molecule has 0 bridgehead atoms. The van der Waals surface area contributed by atoms with Gasteiger partial charge in [0.1, 0.15) is 11.6 Å². The Balaban J connectivity index is 1.35. The van der Waals surface area contributed by atoms with E-state index in [1.54, 1.807) is 13.0 Å². The lowest BCUT2D eigenvalue weighted by Crippen LogP contribution is -2.22. The zero-order chi connectivity index (χ0) is 22.5. The number of amides is 1. The summed E-state index contributed by atoms with van der Waals surface area (Å²) < 4.78 is 21.2. The normalized spacial score (nSPS) is 10.7. The third-order valence-corrected chi connectivity index (χ3v) is 4.44. The van der Waals surface area contributed by atoms with Crippen LogP contribution in [0.5, 0.6) is 0 Å². The summed E-state index contributed by atoms with van der Waals surface area (Å²) in [5.41, 5.74) is 2.23. The molecule has 0 unspecified atom stereocenters. The van der Waals surface area contributed by atoms with Crippen molar-refractivity contribution in [1.29, 1.82) is 0 Å². The highest BCUT2D eigenvalue weighted by Crippen LogP contribution is 2.17. The summed E-state index contributed by atoms with van der Waals surface area (Å²) in [7, 11) is 0. The van der Waals surface area contributed by atoms with Crippen molar-refractivity contribution in [2.24, 2.45) is 0 Å². The van der Waals surface area contributed by atoms with Crippen LogP contribution in [0, 0.1) is 12.7 Å². The molecule has 1 N–H and O–H groups in total. The van der Waals surface area contributed by atoms with Gasteiger partial charge in [-0.3, -0.25) is 4.79 Å². The number of nitrogens with one attached hydrogen (secondary N) is 1. The van der Waals surface area contributed by atoms with Gasteiger partial charge in [-0.25, -0.2) is 18.5 Å². The fraction of sp³-hybridized carbons (Fsp3) is 0.136. The van der Waals surface area contributed by atoms with E-state index in [2.05, 4.69) is 20.7 Å². The molecule has 4 aromatic rings. The highest BCUT2D eigenvalue weighted by atomic mass is 19.1. The zero-order valence-electron chi connectivity index (χ0n) is 17.1. The van der Waals surface area contributed by atoms with Gasteiger partial charge in [-0.2, -0.15) is 5.10 Å². The van der Waals surface area contributed by atoms with Gasteiger partial charge < -0.3 is 10.1 Å². The largest absolute Gasteiger partial charge is 0.451 e. The monoisotopic (exact) mass is 434 g/mol. The fourth-order valence-corrected chi connectivity index (χ4v) is 2.99. The number of ether oxygens (including phenoxy) is 1. The molecule has 0 aliphatic rings. The van der Waals surface area contributed by atoms with Crippen molar-refractivity contribution in [3.8, 4) is 5.69 Å². The third kappa shape index (κ3) is 5.04. The molecule has 162 valence electrons. The second-order valence-corrected chi connectivity index (χ2v) is 6.97. The van der Waals surface area contributed by atoms with E-state index in [9.17, 15) is 14.0 Å². The Morgan fingerprint density at radius 3 is 2.59 bits per heavy atom. The first-order chi connectivity index (χ1) is 15.5. The van der Waals surface area contributed by atoms with Gasteiger partial charge in [0.05, 0.1) is 24.1 Å². The number of rotatable bonds is 7. The molecule has 0 atom stereocenters. The van der Waals surface area contributed by atoms with Crippen molar-refractivity contribution in [3.05, 3.63) is 89.6 Å². The first kappa shape index (κ1) is 20.9. The summed E-state index contributed by atoms with van der Waals surface area (Å²) in [5, 5.41) is 14.6. The minimum atomic E-state index is -0.761. The van der Waals surface area contributed by atoms with Gasteiger partial charge in [-0.15, -0.1) is 5.10 Å². The molecular formula is C22H19FN6O3. The van der Waals surface area contributed by atoms with Gasteiger partial charge in [0.2, 0.25) is 0 Å². The number of carbonyl (C=O) groups is 2. The van der Waals surface area contributed by atoms with Gasteiger partial charge in [-0.05, 0) is 36.8 Å². The van der Waals surface area contributed by atoms with Crippen LogP contribution >= 0.6 is 0 Å². The van der Waals surface area contributed by atoms with Crippen LogP contribution in [0.25, 0.3) is 5.69 Å². The molecule has 2 heterocycles. The Kier molecular flexibility index (Phi) is 6.02. The lowest BCUT2D eigenvalue weighted by molar-refractivity contribution is -0.119. The number of aryl methyl sites for hydroxylation is 1. The Bertz CT molecular complexity index is 1230. The van der Waals surface area contributed by atoms with Crippen LogP contribution in [0.1, 0.15) is 21.7 Å². The SMILES string of the molecule is Cc1cc(NC(=O)COC(=O)c2cn(Cc3ccccc3)nn2)n(-c2ccc(F)cc2)n1. The van der Waals surface area contributed by atoms with Crippen LogP contribution in [-0.4, -0.2) is 43.3 Å². The maximum absolute atomic E-state index is 13.2. The summed E-state index contributed by atoms with van der Waals surface area (Å²) in [5.74, 6) is -1.33. The average Bonchev–Trinajstić information content (AvgIpc) is 3.40. The average molecular weight is 434 g/mol. The van der Waals surface area contributed by atoms with E-state index >= 15 is 0 Å². The molecule has 0 saturated heterocycles. The third-order valence-electron chi connectivity index (χ3n) is 4.44. The number of benzene rings is 2. The molecule has 0 saturated carbocycles. The van der Waals surface area contributed by atoms with Gasteiger partial charge in [-0.1, -0.05) is 35.5 Å². The fourth-order valence-electron chi connectivity index (χ4n) is 2.99. The highest BCUT2D eigenvalue weighted by molar-refractivity contribution is 5.94. The van der Waals surface area contributed by atoms with E-state index < -0.39 is 18.5 Å². The number of carbonyl (C=O) groups excluding carboxylic acids is 2. The number of aromatic nitrogens is 5. The number of hydrogen-bond acceptors (Lipinski definition) is 6. The molecule has 4 rings (SSSR count). The molecule has 0 spiro atoms. The molecule has 2 aromatic heterocycles. The molecule has 0 aliphatic carbocycles. The predicted octanol–water partition coefficient (Wildman–Crippen LogP) is 2.76. The first-order valence-electron chi connectivity index (χ1n) is 9.71. The molecule has 1 amide bonds. The van der Waals surface area contributed by atoms with Crippen LogP contribution in [0.15, 0.2) is 66.9 Å². The van der Waals surface area contributed by atoms with Gasteiger partial charge in [0, 0.05) is 6.07 Å². The van der Waals surface area contributed by atoms with E-state index in [1.807, 2.05) is 30.3 Å². The Morgan fingerprint density at radius 1 is 1.09 bits per heavy atom. The van der Waals surface area contributed by atoms with E-state index in [4.69, 9.17) is 4.74 Å². The summed E-state index contributed by atoms with van der Waals surface area (Å²) in [6, 6.07) is 16.9. The summed E-state index contributed by atoms with van der Waals surface area (Å²) in [6.07, 6.45) is 1.46. The number of anilines is 1. The van der Waals surface area contributed by atoms with Crippen LogP contribution < -0.4 is 5.32 Å². The van der Waals surface area contributed by atoms with Crippen molar-refractivity contribution >= 4 is 17.7 Å². The minimum absolute atomic E-state index is 0.000861. The van der Waals surface area contributed by atoms with E-state index in [1.165, 1.54) is 39.8 Å². The molecule has 0 fully saturated rings. The van der Waals surface area contributed by atoms with Crippen LogP contribution in [0.3, 0.4) is 0 Å². The van der Waals surface area contributed by atoms with E-state index in [-0.39, 0.29) is 11.5 Å². The summed E-state index contributed by atoms with van der Waals surface area (Å²) in [6.45, 7) is 1.70. The standard InChI is InChI=1S/C22H19FN6O3/c1-15-11-20(29(26-15)18-9-7-17(23)8-10-18)24-21(30)14-32-22(31)19-13-28(27-25-19)12-16-5-3-2-4-6-16/h2-11,13H,12,14H2,1H3,(H,24,30). The number of nitrogens with zero attached hydrogens (tertiary/aromatic N) is 5. The molecule has 9 nitrogen and oxygen atoms in total. The quantitative estimate of drug-likeness (QED) is 0.449. The van der Waals surface area contributed by atoms with E-state index in [0.29, 0.717) is 23.7 Å². The molecule has 0 radical (unpaired) electrons. The Morgan fingerprint density at radius 2 is 1.84 bits per heavy atom. The topological polar surface area (TPSA) is 104 Å². The van der Waals surface area contributed by atoms with E-state index in [0.717, 1.165) is 5.56 Å². The minimum Gasteiger partial charge on any atom is -0.451 e.